The van der Waals surface area contributed by atoms with Gasteiger partial charge in [0, 0.05) is 19.5 Å². The number of benzene rings is 1. The first-order valence-electron chi connectivity index (χ1n) is 10.6. The number of fused-ring (bicyclic) bond motifs is 2. The van der Waals surface area contributed by atoms with Gasteiger partial charge in [0.15, 0.2) is 0 Å². The van der Waals surface area contributed by atoms with Crippen molar-refractivity contribution in [2.24, 2.45) is 11.8 Å². The molecule has 0 bridgehead atoms. The fourth-order valence-electron chi connectivity index (χ4n) is 5.16. The Morgan fingerprint density at radius 3 is 2.48 bits per heavy atom. The summed E-state index contributed by atoms with van der Waals surface area (Å²) < 4.78 is 1.14. The van der Waals surface area contributed by atoms with Crippen LogP contribution in [0.15, 0.2) is 24.3 Å². The first kappa shape index (κ1) is 18.7. The number of carbonyl (C=O) groups is 3. The van der Waals surface area contributed by atoms with E-state index >= 15 is 0 Å². The molecular formula is C22H25N3O3S. The normalized spacial score (nSPS) is 27.1. The molecule has 2 aromatic rings. The Morgan fingerprint density at radius 1 is 1.03 bits per heavy atom. The molecule has 7 heteroatoms. The Morgan fingerprint density at radius 2 is 1.76 bits per heavy atom. The summed E-state index contributed by atoms with van der Waals surface area (Å²) >= 11 is 1.65. The lowest BCUT2D eigenvalue weighted by Crippen LogP contribution is -2.37. The molecule has 1 saturated carbocycles. The van der Waals surface area contributed by atoms with Gasteiger partial charge in [-0.2, -0.15) is 0 Å². The van der Waals surface area contributed by atoms with Crippen molar-refractivity contribution in [2.45, 2.75) is 51.0 Å². The molecular weight excluding hydrogens is 386 g/mol. The van der Waals surface area contributed by atoms with E-state index in [-0.39, 0.29) is 48.6 Å². The van der Waals surface area contributed by atoms with Gasteiger partial charge in [0.05, 0.1) is 28.1 Å². The molecule has 2 aliphatic heterocycles. The standard InChI is InChI=1S/C22H25N3O3S/c26-19(11-13-25-21(27)14-6-1-2-7-15(14)22(25)28)24-12-5-9-17(24)20-23-16-8-3-4-10-18(16)29-20/h3-4,8,10,14-15,17H,1-2,5-7,9,11-13H2/t14-,15+,17-/m0/s1. The van der Waals surface area contributed by atoms with E-state index in [4.69, 9.17) is 4.98 Å². The molecule has 0 radical (unpaired) electrons. The van der Waals surface area contributed by atoms with E-state index in [9.17, 15) is 14.4 Å². The molecule has 1 aromatic heterocycles. The largest absolute Gasteiger partial charge is 0.333 e. The van der Waals surface area contributed by atoms with Gasteiger partial charge in [0.1, 0.15) is 5.01 Å². The fraction of sp³-hybridized carbons (Fsp3) is 0.545. The average Bonchev–Trinajstić information content (AvgIpc) is 3.44. The predicted octanol–water partition coefficient (Wildman–Crippen LogP) is 3.53. The minimum atomic E-state index is -0.145. The number of imide groups is 1. The Labute approximate surface area is 173 Å². The number of carbonyl (C=O) groups excluding carboxylic acids is 3. The lowest BCUT2D eigenvalue weighted by molar-refractivity contribution is -0.141. The van der Waals surface area contributed by atoms with Crippen molar-refractivity contribution in [1.29, 1.82) is 0 Å². The third kappa shape index (κ3) is 3.25. The summed E-state index contributed by atoms with van der Waals surface area (Å²) in [6, 6.07) is 8.05. The number of hydrogen-bond acceptors (Lipinski definition) is 5. The molecule has 152 valence electrons. The Hall–Kier alpha value is -2.28. The quantitative estimate of drug-likeness (QED) is 0.722. The summed E-state index contributed by atoms with van der Waals surface area (Å²) in [7, 11) is 0. The highest BCUT2D eigenvalue weighted by molar-refractivity contribution is 7.18. The second kappa shape index (κ2) is 7.52. The highest BCUT2D eigenvalue weighted by atomic mass is 32.1. The molecule has 1 aromatic carbocycles. The van der Waals surface area contributed by atoms with Crippen LogP contribution in [0, 0.1) is 11.8 Å². The number of nitrogens with zero attached hydrogens (tertiary/aromatic N) is 3. The van der Waals surface area contributed by atoms with Crippen LogP contribution in [0.5, 0.6) is 0 Å². The zero-order valence-corrected chi connectivity index (χ0v) is 17.2. The van der Waals surface area contributed by atoms with Gasteiger partial charge < -0.3 is 4.90 Å². The summed E-state index contributed by atoms with van der Waals surface area (Å²) in [6.45, 7) is 0.930. The maximum atomic E-state index is 13.0. The lowest BCUT2D eigenvalue weighted by atomic mass is 9.81. The summed E-state index contributed by atoms with van der Waals surface area (Å²) in [6.07, 6.45) is 5.74. The Bertz CT molecular complexity index is 914. The highest BCUT2D eigenvalue weighted by Gasteiger charge is 2.48. The number of thiazole rings is 1. The molecule has 3 aliphatic rings. The highest BCUT2D eigenvalue weighted by Crippen LogP contribution is 2.39. The summed E-state index contributed by atoms with van der Waals surface area (Å²) in [5.74, 6) is -0.391. The zero-order chi connectivity index (χ0) is 20.0. The van der Waals surface area contributed by atoms with Crippen molar-refractivity contribution in [1.82, 2.24) is 14.8 Å². The average molecular weight is 412 g/mol. The van der Waals surface area contributed by atoms with Crippen LogP contribution in [0.25, 0.3) is 10.2 Å². The molecule has 29 heavy (non-hydrogen) atoms. The van der Waals surface area contributed by atoms with Crippen LogP contribution in [0.3, 0.4) is 0 Å². The van der Waals surface area contributed by atoms with Crippen LogP contribution in [0.4, 0.5) is 0 Å². The van der Waals surface area contributed by atoms with Gasteiger partial charge in [-0.1, -0.05) is 25.0 Å². The van der Waals surface area contributed by atoms with Gasteiger partial charge in [0.25, 0.3) is 0 Å². The molecule has 1 aliphatic carbocycles. The first-order valence-corrected chi connectivity index (χ1v) is 11.5. The van der Waals surface area contributed by atoms with E-state index in [1.54, 1.807) is 11.3 Å². The second-order valence-electron chi connectivity index (χ2n) is 8.34. The van der Waals surface area contributed by atoms with Crippen LogP contribution >= 0.6 is 11.3 Å². The fourth-order valence-corrected chi connectivity index (χ4v) is 6.27. The predicted molar refractivity (Wildman–Crippen MR) is 110 cm³/mol. The molecule has 3 amide bonds. The van der Waals surface area contributed by atoms with Gasteiger partial charge >= 0.3 is 0 Å². The van der Waals surface area contributed by atoms with Gasteiger partial charge in [0.2, 0.25) is 17.7 Å². The third-order valence-electron chi connectivity index (χ3n) is 6.65. The van der Waals surface area contributed by atoms with Gasteiger partial charge in [-0.25, -0.2) is 4.98 Å². The number of likely N-dealkylation sites (tertiary alicyclic amines) is 2. The number of hydrogen-bond donors (Lipinski definition) is 0. The summed E-state index contributed by atoms with van der Waals surface area (Å²) in [5, 5.41) is 0.983. The molecule has 3 atom stereocenters. The number of aromatic nitrogens is 1. The summed E-state index contributed by atoms with van der Waals surface area (Å²) in [4.78, 5) is 46.3. The van der Waals surface area contributed by atoms with Crippen molar-refractivity contribution < 1.29 is 14.4 Å². The van der Waals surface area contributed by atoms with Crippen LogP contribution in [-0.4, -0.2) is 45.6 Å². The molecule has 6 nitrogen and oxygen atoms in total. The van der Waals surface area contributed by atoms with Crippen molar-refractivity contribution in [3.8, 4) is 0 Å². The third-order valence-corrected chi connectivity index (χ3v) is 7.79. The van der Waals surface area contributed by atoms with E-state index in [0.717, 1.165) is 53.7 Å². The topological polar surface area (TPSA) is 70.6 Å². The van der Waals surface area contributed by atoms with Crippen LogP contribution < -0.4 is 0 Å². The van der Waals surface area contributed by atoms with Gasteiger partial charge in [-0.05, 0) is 37.8 Å². The van der Waals surface area contributed by atoms with Crippen molar-refractivity contribution >= 4 is 39.3 Å². The van der Waals surface area contributed by atoms with Crippen molar-refractivity contribution in [2.75, 3.05) is 13.1 Å². The molecule has 0 spiro atoms. The van der Waals surface area contributed by atoms with E-state index in [1.165, 1.54) is 4.90 Å². The zero-order valence-electron chi connectivity index (χ0n) is 16.4. The smallest absolute Gasteiger partial charge is 0.233 e. The molecule has 0 N–H and O–H groups in total. The molecule has 2 saturated heterocycles. The minimum absolute atomic E-state index is 0.00691. The van der Waals surface area contributed by atoms with Crippen LogP contribution in [0.1, 0.15) is 56.0 Å². The monoisotopic (exact) mass is 411 g/mol. The Kier molecular flexibility index (Phi) is 4.86. The van der Waals surface area contributed by atoms with Crippen molar-refractivity contribution in [3.63, 3.8) is 0 Å². The van der Waals surface area contributed by atoms with Crippen LogP contribution in [0.2, 0.25) is 0 Å². The lowest BCUT2D eigenvalue weighted by Gasteiger charge is -2.24. The van der Waals surface area contributed by atoms with E-state index in [2.05, 4.69) is 6.07 Å². The Balaban J connectivity index is 1.26. The van der Waals surface area contributed by atoms with Crippen molar-refractivity contribution in [3.05, 3.63) is 29.3 Å². The van der Waals surface area contributed by atoms with E-state index in [0.29, 0.717) is 6.54 Å². The summed E-state index contributed by atoms with van der Waals surface area (Å²) in [5.41, 5.74) is 0.975. The van der Waals surface area contributed by atoms with E-state index in [1.807, 2.05) is 23.1 Å². The first-order chi connectivity index (χ1) is 14.1. The molecule has 3 heterocycles. The maximum Gasteiger partial charge on any atom is 0.233 e. The van der Waals surface area contributed by atoms with Gasteiger partial charge in [-0.3, -0.25) is 19.3 Å². The minimum Gasteiger partial charge on any atom is -0.333 e. The molecule has 0 unspecified atom stereocenters. The molecule has 5 rings (SSSR count). The van der Waals surface area contributed by atoms with E-state index < -0.39 is 0 Å². The maximum absolute atomic E-state index is 13.0. The SMILES string of the molecule is O=C1[C@H]2CCCC[C@H]2C(=O)N1CCC(=O)N1CCC[C@H]1c1nc2ccccc2s1. The number of para-hydroxylation sites is 1. The number of amides is 3. The van der Waals surface area contributed by atoms with Crippen LogP contribution in [-0.2, 0) is 14.4 Å². The second-order valence-corrected chi connectivity index (χ2v) is 9.40. The van der Waals surface area contributed by atoms with Gasteiger partial charge in [-0.15, -0.1) is 11.3 Å². The molecule has 3 fully saturated rings. The number of rotatable bonds is 4.